The van der Waals surface area contributed by atoms with E-state index in [2.05, 4.69) is 10.2 Å². The fraction of sp³-hybridized carbons (Fsp3) is 0.900. The third-order valence-electron chi connectivity index (χ3n) is 4.07. The zero-order chi connectivity index (χ0) is 10.0. The van der Waals surface area contributed by atoms with E-state index in [1.807, 2.05) is 6.92 Å². The summed E-state index contributed by atoms with van der Waals surface area (Å²) in [6.07, 6.45) is 4.43. The largest absolute Gasteiger partial charge is 0.467 e. The van der Waals surface area contributed by atoms with Crippen molar-refractivity contribution in [2.24, 2.45) is 15.6 Å². The van der Waals surface area contributed by atoms with Gasteiger partial charge < -0.3 is 4.74 Å². The number of hydrogen-bond donors (Lipinski definition) is 0. The molecule has 0 aromatic carbocycles. The van der Waals surface area contributed by atoms with Crippen molar-refractivity contribution in [2.45, 2.75) is 43.7 Å². The molecule has 2 saturated carbocycles. The lowest BCUT2D eigenvalue weighted by atomic mass is 9.93. The Labute approximate surface area is 82.7 Å². The molecule has 0 amide bonds. The molecule has 0 aromatic rings. The summed E-state index contributed by atoms with van der Waals surface area (Å²) in [5, 5.41) is 8.48. The van der Waals surface area contributed by atoms with Crippen molar-refractivity contribution in [2.75, 3.05) is 7.11 Å². The number of carbonyl (C=O) groups excluding carboxylic acids is 1. The Kier molecular flexibility index (Phi) is 1.21. The van der Waals surface area contributed by atoms with Crippen molar-refractivity contribution in [1.82, 2.24) is 0 Å². The Hall–Kier alpha value is -0.930. The lowest BCUT2D eigenvalue weighted by Crippen LogP contribution is -2.34. The van der Waals surface area contributed by atoms with Crippen LogP contribution in [-0.2, 0) is 9.53 Å². The monoisotopic (exact) mass is 194 g/mol. The Morgan fingerprint density at radius 1 is 1.29 bits per heavy atom. The topological polar surface area (TPSA) is 51.0 Å². The predicted molar refractivity (Wildman–Crippen MR) is 48.9 cm³/mol. The molecule has 2 spiro atoms. The molecule has 2 atom stereocenters. The zero-order valence-electron chi connectivity index (χ0n) is 8.54. The van der Waals surface area contributed by atoms with Crippen LogP contribution in [0.2, 0.25) is 0 Å². The number of azo groups is 1. The normalized spacial score (nSPS) is 45.9. The number of fused-ring (bicyclic) bond motifs is 1. The van der Waals surface area contributed by atoms with E-state index in [-0.39, 0.29) is 11.5 Å². The van der Waals surface area contributed by atoms with Gasteiger partial charge in [-0.3, -0.25) is 0 Å². The lowest BCUT2D eigenvalue weighted by Gasteiger charge is -2.16. The fourth-order valence-corrected chi connectivity index (χ4v) is 2.88. The van der Waals surface area contributed by atoms with E-state index < -0.39 is 5.54 Å². The van der Waals surface area contributed by atoms with E-state index in [0.717, 1.165) is 12.8 Å². The number of hydrogen-bond acceptors (Lipinski definition) is 4. The van der Waals surface area contributed by atoms with E-state index in [1.165, 1.54) is 20.0 Å². The summed E-state index contributed by atoms with van der Waals surface area (Å²) in [5.41, 5.74) is -0.237. The molecule has 14 heavy (non-hydrogen) atoms. The molecular formula is C10H14N2O2. The molecule has 3 rings (SSSR count). The number of esters is 1. The van der Waals surface area contributed by atoms with E-state index in [1.54, 1.807) is 0 Å². The van der Waals surface area contributed by atoms with Crippen LogP contribution < -0.4 is 0 Å². The Bertz CT molecular complexity index is 348. The third kappa shape index (κ3) is 0.775. The van der Waals surface area contributed by atoms with Crippen LogP contribution in [0.4, 0.5) is 0 Å². The summed E-state index contributed by atoms with van der Waals surface area (Å²) in [6.45, 7) is 1.82. The van der Waals surface area contributed by atoms with Crippen LogP contribution in [0.15, 0.2) is 10.2 Å². The van der Waals surface area contributed by atoms with Gasteiger partial charge in [0.25, 0.3) is 0 Å². The summed E-state index contributed by atoms with van der Waals surface area (Å²) in [6, 6.07) is 0. The second kappa shape index (κ2) is 2.02. The van der Waals surface area contributed by atoms with Crippen LogP contribution in [0, 0.1) is 5.41 Å². The average molecular weight is 194 g/mol. The maximum Gasteiger partial charge on any atom is 0.335 e. The van der Waals surface area contributed by atoms with Gasteiger partial charge in [-0.05, 0) is 31.6 Å². The molecular weight excluding hydrogens is 180 g/mol. The van der Waals surface area contributed by atoms with Crippen LogP contribution in [-0.4, -0.2) is 24.2 Å². The van der Waals surface area contributed by atoms with Gasteiger partial charge >= 0.3 is 5.97 Å². The van der Waals surface area contributed by atoms with Crippen LogP contribution in [0.5, 0.6) is 0 Å². The van der Waals surface area contributed by atoms with Crippen molar-refractivity contribution >= 4 is 5.97 Å². The third-order valence-corrected chi connectivity index (χ3v) is 4.07. The molecule has 4 heteroatoms. The Morgan fingerprint density at radius 2 is 2.00 bits per heavy atom. The van der Waals surface area contributed by atoms with Gasteiger partial charge in [0.1, 0.15) is 0 Å². The summed E-state index contributed by atoms with van der Waals surface area (Å²) < 4.78 is 4.75. The molecule has 0 bridgehead atoms. The highest BCUT2D eigenvalue weighted by Crippen LogP contribution is 2.78. The van der Waals surface area contributed by atoms with Gasteiger partial charge in [-0.2, -0.15) is 10.2 Å². The number of nitrogens with zero attached hydrogens (tertiary/aromatic N) is 2. The summed E-state index contributed by atoms with van der Waals surface area (Å²) >= 11 is 0. The standard InChI is InChI=1S/C10H14N2O2/c1-8(7(13)14-2)5-10(12-11-8)6-9(10)3-4-9/h3-6H2,1-2H3/t8-,10+/m1/s1. The van der Waals surface area contributed by atoms with E-state index in [0.29, 0.717) is 5.41 Å². The maximum atomic E-state index is 11.5. The molecule has 0 radical (unpaired) electrons. The van der Waals surface area contributed by atoms with Crippen molar-refractivity contribution in [3.05, 3.63) is 0 Å². The highest BCUT2D eigenvalue weighted by Gasteiger charge is 2.78. The molecule has 0 unspecified atom stereocenters. The Balaban J connectivity index is 1.83. The minimum Gasteiger partial charge on any atom is -0.467 e. The number of methoxy groups -OCH3 is 1. The van der Waals surface area contributed by atoms with Crippen LogP contribution >= 0.6 is 0 Å². The summed E-state index contributed by atoms with van der Waals surface area (Å²) in [7, 11) is 1.41. The smallest absolute Gasteiger partial charge is 0.335 e. The predicted octanol–water partition coefficient (Wildman–Crippen LogP) is 1.70. The van der Waals surface area contributed by atoms with Gasteiger partial charge in [-0.1, -0.05) is 0 Å². The van der Waals surface area contributed by atoms with Gasteiger partial charge in [0, 0.05) is 6.42 Å². The first-order valence-electron chi connectivity index (χ1n) is 5.09. The second-order valence-electron chi connectivity index (χ2n) is 5.13. The quantitative estimate of drug-likeness (QED) is 0.596. The van der Waals surface area contributed by atoms with Crippen LogP contribution in [0.1, 0.15) is 32.6 Å². The number of rotatable bonds is 1. The average Bonchev–Trinajstić information content (AvgIpc) is 3.01. The first kappa shape index (κ1) is 8.38. The van der Waals surface area contributed by atoms with Crippen molar-refractivity contribution in [3.8, 4) is 0 Å². The fourth-order valence-electron chi connectivity index (χ4n) is 2.88. The number of carbonyl (C=O) groups is 1. The van der Waals surface area contributed by atoms with Gasteiger partial charge in [-0.15, -0.1) is 0 Å². The first-order valence-corrected chi connectivity index (χ1v) is 5.09. The molecule has 2 aliphatic carbocycles. The zero-order valence-corrected chi connectivity index (χ0v) is 8.54. The Morgan fingerprint density at radius 3 is 2.50 bits per heavy atom. The van der Waals surface area contributed by atoms with Crippen molar-refractivity contribution in [1.29, 1.82) is 0 Å². The molecule has 0 aromatic heterocycles. The lowest BCUT2D eigenvalue weighted by molar-refractivity contribution is -0.146. The van der Waals surface area contributed by atoms with Gasteiger partial charge in [0.2, 0.25) is 0 Å². The molecule has 4 nitrogen and oxygen atoms in total. The number of ether oxygens (including phenoxy) is 1. The van der Waals surface area contributed by atoms with E-state index in [4.69, 9.17) is 4.74 Å². The maximum absolute atomic E-state index is 11.5. The second-order valence-corrected chi connectivity index (χ2v) is 5.13. The summed E-state index contributed by atoms with van der Waals surface area (Å²) in [4.78, 5) is 11.5. The first-order chi connectivity index (χ1) is 6.56. The van der Waals surface area contributed by atoms with Gasteiger partial charge in [0.15, 0.2) is 5.54 Å². The minimum atomic E-state index is -0.708. The van der Waals surface area contributed by atoms with E-state index >= 15 is 0 Å². The minimum absolute atomic E-state index is 0.0237. The van der Waals surface area contributed by atoms with Crippen LogP contribution in [0.25, 0.3) is 0 Å². The molecule has 3 aliphatic rings. The van der Waals surface area contributed by atoms with Crippen molar-refractivity contribution < 1.29 is 9.53 Å². The van der Waals surface area contributed by atoms with Gasteiger partial charge in [-0.25, -0.2) is 4.79 Å². The molecule has 0 saturated heterocycles. The highest BCUT2D eigenvalue weighted by atomic mass is 16.5. The van der Waals surface area contributed by atoms with Crippen molar-refractivity contribution in [3.63, 3.8) is 0 Å². The molecule has 1 heterocycles. The molecule has 76 valence electrons. The molecule has 0 N–H and O–H groups in total. The molecule has 2 fully saturated rings. The van der Waals surface area contributed by atoms with Crippen LogP contribution in [0.3, 0.4) is 0 Å². The summed E-state index contributed by atoms with van der Waals surface area (Å²) in [5.74, 6) is -0.249. The highest BCUT2D eigenvalue weighted by molar-refractivity contribution is 5.81. The van der Waals surface area contributed by atoms with E-state index in [9.17, 15) is 4.79 Å². The van der Waals surface area contributed by atoms with Gasteiger partial charge in [0.05, 0.1) is 12.6 Å². The molecule has 1 aliphatic heterocycles. The SMILES string of the molecule is COC(=O)[C@@]1(C)C[C@@]2(CC23CC3)N=N1.